The third kappa shape index (κ3) is 6.76. The second-order valence-corrected chi connectivity index (χ2v) is 10.9. The van der Waals surface area contributed by atoms with Crippen molar-refractivity contribution < 1.29 is 23.6 Å². The summed E-state index contributed by atoms with van der Waals surface area (Å²) in [5, 5.41) is 5.20. The lowest BCUT2D eigenvalue weighted by atomic mass is 10.1. The number of rotatable bonds is 8. The average Bonchev–Trinajstić information content (AvgIpc) is 3.27. The highest BCUT2D eigenvalue weighted by Crippen LogP contribution is 2.34. The van der Waals surface area contributed by atoms with Crippen LogP contribution in [0.1, 0.15) is 22.3 Å². The first-order chi connectivity index (χ1) is 20.3. The molecule has 7 nitrogen and oxygen atoms in total. The van der Waals surface area contributed by atoms with Crippen LogP contribution in [0.15, 0.2) is 114 Å². The zero-order valence-corrected chi connectivity index (χ0v) is 23.5. The van der Waals surface area contributed by atoms with Crippen molar-refractivity contribution in [2.24, 2.45) is 0 Å². The summed E-state index contributed by atoms with van der Waals surface area (Å²) in [6.07, 6.45) is 1.32. The van der Waals surface area contributed by atoms with Crippen LogP contribution < -0.4 is 15.5 Å². The molecule has 5 rings (SSSR count). The molecule has 0 saturated carbocycles. The normalized spacial score (nSPS) is 15.0. The second-order valence-electron chi connectivity index (χ2n) is 9.23. The monoisotopic (exact) mass is 599 g/mol. The van der Waals surface area contributed by atoms with Crippen LogP contribution in [0.3, 0.4) is 0 Å². The van der Waals surface area contributed by atoms with E-state index in [0.29, 0.717) is 22.0 Å². The molecule has 1 atom stereocenters. The Morgan fingerprint density at radius 2 is 1.55 bits per heavy atom. The Morgan fingerprint density at radius 3 is 2.24 bits per heavy atom. The number of imide groups is 1. The summed E-state index contributed by atoms with van der Waals surface area (Å²) in [6, 6.07) is 27.4. The van der Waals surface area contributed by atoms with Crippen molar-refractivity contribution in [1.29, 1.82) is 0 Å². The molecule has 0 radical (unpaired) electrons. The van der Waals surface area contributed by atoms with Crippen LogP contribution >= 0.6 is 23.4 Å². The van der Waals surface area contributed by atoms with E-state index in [-0.39, 0.29) is 29.5 Å². The summed E-state index contributed by atoms with van der Waals surface area (Å²) in [4.78, 5) is 53.4. The molecule has 42 heavy (non-hydrogen) atoms. The lowest BCUT2D eigenvalue weighted by Gasteiger charge is -2.15. The van der Waals surface area contributed by atoms with Gasteiger partial charge in [-0.2, -0.15) is 0 Å². The van der Waals surface area contributed by atoms with E-state index in [0.717, 1.165) is 9.80 Å². The van der Waals surface area contributed by atoms with Gasteiger partial charge in [-0.15, -0.1) is 11.8 Å². The molecule has 1 aliphatic heterocycles. The van der Waals surface area contributed by atoms with Crippen molar-refractivity contribution >= 4 is 64.4 Å². The van der Waals surface area contributed by atoms with Crippen molar-refractivity contribution in [1.82, 2.24) is 5.32 Å². The van der Waals surface area contributed by atoms with Crippen molar-refractivity contribution in [3.8, 4) is 0 Å². The summed E-state index contributed by atoms with van der Waals surface area (Å²) in [5.74, 6) is -2.34. The largest absolute Gasteiger partial charge is 0.321 e. The summed E-state index contributed by atoms with van der Waals surface area (Å²) in [5.41, 5.74) is 1.19. The highest BCUT2D eigenvalue weighted by Gasteiger charge is 2.40. The minimum absolute atomic E-state index is 0.0515. The molecule has 1 unspecified atom stereocenters. The molecule has 4 amide bonds. The number of nitrogens with one attached hydrogen (secondary N) is 2. The van der Waals surface area contributed by atoms with Crippen molar-refractivity contribution in [3.63, 3.8) is 0 Å². The Bertz CT molecular complexity index is 1680. The van der Waals surface area contributed by atoms with E-state index in [4.69, 9.17) is 11.6 Å². The molecular formula is C32H23ClFN3O4S. The fourth-order valence-electron chi connectivity index (χ4n) is 4.23. The van der Waals surface area contributed by atoms with Crippen LogP contribution in [0.2, 0.25) is 5.02 Å². The number of amides is 4. The van der Waals surface area contributed by atoms with E-state index in [1.54, 1.807) is 84.9 Å². The van der Waals surface area contributed by atoms with Crippen LogP contribution in [0.5, 0.6) is 0 Å². The number of anilines is 2. The molecule has 4 aromatic rings. The predicted molar refractivity (Wildman–Crippen MR) is 162 cm³/mol. The molecule has 210 valence electrons. The molecular weight excluding hydrogens is 577 g/mol. The quantitative estimate of drug-likeness (QED) is 0.183. The maximum Gasteiger partial charge on any atom is 0.272 e. The van der Waals surface area contributed by atoms with Gasteiger partial charge >= 0.3 is 0 Å². The molecule has 4 aromatic carbocycles. The SMILES string of the molecule is O=C(Nc1ccc(SC2CC(=O)N(c3ccc(Cl)cc3)C2=O)cc1)/C(=C/c1ccccc1F)NC(=O)c1ccccc1. The van der Waals surface area contributed by atoms with E-state index in [1.165, 1.54) is 36.0 Å². The van der Waals surface area contributed by atoms with Crippen LogP contribution in [-0.2, 0) is 14.4 Å². The first kappa shape index (κ1) is 28.8. The second kappa shape index (κ2) is 12.8. The number of carbonyl (C=O) groups excluding carboxylic acids is 4. The molecule has 0 spiro atoms. The number of hydrogen-bond acceptors (Lipinski definition) is 5. The van der Waals surface area contributed by atoms with E-state index in [1.807, 2.05) is 0 Å². The van der Waals surface area contributed by atoms with Gasteiger partial charge in [0.25, 0.3) is 11.8 Å². The van der Waals surface area contributed by atoms with E-state index >= 15 is 0 Å². The lowest BCUT2D eigenvalue weighted by molar-refractivity contribution is -0.121. The Balaban J connectivity index is 1.28. The lowest BCUT2D eigenvalue weighted by Crippen LogP contribution is -2.31. The fraction of sp³-hybridized carbons (Fsp3) is 0.0625. The van der Waals surface area contributed by atoms with Crippen molar-refractivity contribution in [2.45, 2.75) is 16.6 Å². The summed E-state index contributed by atoms with van der Waals surface area (Å²) in [6.45, 7) is 0. The topological polar surface area (TPSA) is 95.6 Å². The van der Waals surface area contributed by atoms with Crippen LogP contribution in [0.4, 0.5) is 15.8 Å². The molecule has 1 fully saturated rings. The maximum atomic E-state index is 14.4. The minimum Gasteiger partial charge on any atom is -0.321 e. The highest BCUT2D eigenvalue weighted by atomic mass is 35.5. The Hall–Kier alpha value is -4.73. The van der Waals surface area contributed by atoms with E-state index in [2.05, 4.69) is 10.6 Å². The molecule has 1 aliphatic rings. The number of halogens is 2. The number of nitrogens with zero attached hydrogens (tertiary/aromatic N) is 1. The maximum absolute atomic E-state index is 14.4. The Kier molecular flexibility index (Phi) is 8.80. The average molecular weight is 600 g/mol. The standard InChI is InChI=1S/C32H23ClFN3O4S/c33-22-10-14-24(15-11-22)37-29(38)19-28(32(37)41)42-25-16-12-23(13-17-25)35-31(40)27(18-21-8-4-5-9-26(21)34)36-30(39)20-6-2-1-3-7-20/h1-18,28H,19H2,(H,35,40)(H,36,39)/b27-18-. The minimum atomic E-state index is -0.655. The van der Waals surface area contributed by atoms with Crippen LogP contribution in [0.25, 0.3) is 6.08 Å². The van der Waals surface area contributed by atoms with Gasteiger partial charge in [0.1, 0.15) is 11.5 Å². The molecule has 1 saturated heterocycles. The van der Waals surface area contributed by atoms with Gasteiger partial charge in [-0.05, 0) is 72.8 Å². The number of hydrogen-bond donors (Lipinski definition) is 2. The van der Waals surface area contributed by atoms with Gasteiger partial charge in [-0.1, -0.05) is 48.0 Å². The van der Waals surface area contributed by atoms with Gasteiger partial charge in [0.05, 0.1) is 10.9 Å². The summed E-state index contributed by atoms with van der Waals surface area (Å²) >= 11 is 7.17. The molecule has 0 aromatic heterocycles. The number of thioether (sulfide) groups is 1. The molecule has 0 bridgehead atoms. The van der Waals surface area contributed by atoms with E-state index < -0.39 is 22.9 Å². The third-order valence-corrected chi connectivity index (χ3v) is 7.76. The van der Waals surface area contributed by atoms with Gasteiger partial charge < -0.3 is 10.6 Å². The van der Waals surface area contributed by atoms with E-state index in [9.17, 15) is 23.6 Å². The fourth-order valence-corrected chi connectivity index (χ4v) is 5.41. The van der Waals surface area contributed by atoms with Gasteiger partial charge in [-0.25, -0.2) is 9.29 Å². The van der Waals surface area contributed by atoms with Gasteiger partial charge in [0.2, 0.25) is 11.8 Å². The number of benzene rings is 4. The highest BCUT2D eigenvalue weighted by molar-refractivity contribution is 8.00. The first-order valence-electron chi connectivity index (χ1n) is 12.8. The predicted octanol–water partition coefficient (Wildman–Crippen LogP) is 6.31. The van der Waals surface area contributed by atoms with Crippen LogP contribution in [-0.4, -0.2) is 28.9 Å². The van der Waals surface area contributed by atoms with Gasteiger partial charge in [0.15, 0.2) is 0 Å². The Labute approximate surface area is 250 Å². The summed E-state index contributed by atoms with van der Waals surface area (Å²) < 4.78 is 14.4. The number of carbonyl (C=O) groups is 4. The molecule has 0 aliphatic carbocycles. The zero-order valence-electron chi connectivity index (χ0n) is 21.9. The third-order valence-electron chi connectivity index (χ3n) is 6.31. The van der Waals surface area contributed by atoms with Crippen molar-refractivity contribution in [3.05, 3.63) is 131 Å². The first-order valence-corrected chi connectivity index (χ1v) is 14.1. The molecule has 1 heterocycles. The van der Waals surface area contributed by atoms with Crippen LogP contribution in [0, 0.1) is 5.82 Å². The molecule has 10 heteroatoms. The molecule has 2 N–H and O–H groups in total. The Morgan fingerprint density at radius 1 is 0.881 bits per heavy atom. The smallest absolute Gasteiger partial charge is 0.272 e. The van der Waals surface area contributed by atoms with Gasteiger partial charge in [-0.3, -0.25) is 19.2 Å². The van der Waals surface area contributed by atoms with Crippen molar-refractivity contribution in [2.75, 3.05) is 10.2 Å². The zero-order chi connectivity index (χ0) is 29.6. The van der Waals surface area contributed by atoms with Gasteiger partial charge in [0, 0.05) is 33.2 Å². The summed E-state index contributed by atoms with van der Waals surface area (Å²) in [7, 11) is 0.